The van der Waals surface area contributed by atoms with Crippen LogP contribution in [-0.2, 0) is 16.9 Å². The van der Waals surface area contributed by atoms with Gasteiger partial charge in [-0.15, -0.1) is 5.10 Å². The second-order valence-corrected chi connectivity index (χ2v) is 6.19. The van der Waals surface area contributed by atoms with E-state index < -0.39 is 29.1 Å². The van der Waals surface area contributed by atoms with Crippen molar-refractivity contribution >= 4 is 17.9 Å². The van der Waals surface area contributed by atoms with Gasteiger partial charge in [-0.05, 0) is 24.3 Å². The first-order chi connectivity index (χ1) is 16.1. The molecule has 3 aromatic rings. The predicted molar refractivity (Wildman–Crippen MR) is 119 cm³/mol. The number of rotatable bonds is 7. The number of nitrogens with zero attached hydrogens (tertiary/aromatic N) is 5. The summed E-state index contributed by atoms with van der Waals surface area (Å²) in [7, 11) is 0. The molecule has 13 heteroatoms. The molecule has 0 spiro atoms. The third-order valence-electron chi connectivity index (χ3n) is 3.92. The van der Waals surface area contributed by atoms with Gasteiger partial charge in [-0.2, -0.15) is 22.0 Å². The molecule has 0 unspecified atom stereocenters. The number of allylic oxidation sites excluding steroid dienone is 1. The van der Waals surface area contributed by atoms with Crippen LogP contribution in [0.4, 0.5) is 27.8 Å². The Labute approximate surface area is 194 Å². The maximum absolute atomic E-state index is 14.0. The Balaban J connectivity index is 0.00000299. The number of amides is 1. The van der Waals surface area contributed by atoms with Crippen molar-refractivity contribution in [3.05, 3.63) is 73.0 Å². The smallest absolute Gasteiger partial charge is 0.280 e. The highest BCUT2D eigenvalue weighted by Crippen LogP contribution is 2.37. The molecule has 0 saturated carbocycles. The van der Waals surface area contributed by atoms with Crippen molar-refractivity contribution < 1.29 is 29.6 Å². The molecule has 2 N–H and O–H groups in total. The normalized spacial score (nSPS) is 11.5. The molecule has 0 fully saturated rings. The van der Waals surface area contributed by atoms with E-state index in [4.69, 9.17) is 0 Å². The minimum atomic E-state index is -4.86. The molecule has 0 atom stereocenters. The van der Waals surface area contributed by atoms with Gasteiger partial charge in [0, 0.05) is 38.6 Å². The van der Waals surface area contributed by atoms with Crippen LogP contribution >= 0.6 is 0 Å². The van der Waals surface area contributed by atoms with E-state index in [9.17, 15) is 26.7 Å². The molecule has 0 aliphatic rings. The van der Waals surface area contributed by atoms with Gasteiger partial charge >= 0.3 is 6.18 Å². The first-order valence-corrected chi connectivity index (χ1v) is 9.74. The molecule has 0 bridgehead atoms. The quantitative estimate of drug-likeness (QED) is 0.208. The Morgan fingerprint density at radius 2 is 1.79 bits per heavy atom. The average Bonchev–Trinajstić information content (AvgIpc) is 3.32. The van der Waals surface area contributed by atoms with Crippen LogP contribution < -0.4 is 10.9 Å². The number of hydrogen-bond donors (Lipinski definition) is 2. The molecule has 34 heavy (non-hydrogen) atoms. The van der Waals surface area contributed by atoms with Gasteiger partial charge in [0.1, 0.15) is 6.33 Å². The van der Waals surface area contributed by atoms with E-state index in [0.717, 1.165) is 29.4 Å². The van der Waals surface area contributed by atoms with E-state index in [1.807, 2.05) is 13.8 Å². The van der Waals surface area contributed by atoms with Gasteiger partial charge in [0.15, 0.2) is 11.6 Å². The van der Waals surface area contributed by atoms with Crippen molar-refractivity contribution in [3.63, 3.8) is 0 Å². The van der Waals surface area contributed by atoms with E-state index in [1.54, 1.807) is 0 Å². The minimum Gasteiger partial charge on any atom is -0.280 e. The Kier molecular flexibility index (Phi) is 8.53. The number of anilines is 1. The zero-order valence-electron chi connectivity index (χ0n) is 18.0. The third kappa shape index (κ3) is 6.92. The predicted octanol–water partition coefficient (Wildman–Crippen LogP) is 5.16. The van der Waals surface area contributed by atoms with E-state index in [0.29, 0.717) is 12.1 Å². The van der Waals surface area contributed by atoms with Crippen LogP contribution in [0.1, 0.15) is 27.8 Å². The molecule has 0 aliphatic carbocycles. The number of hydrazine groups is 1. The lowest BCUT2D eigenvalue weighted by Crippen LogP contribution is -2.28. The highest BCUT2D eigenvalue weighted by atomic mass is 19.4. The van der Waals surface area contributed by atoms with Gasteiger partial charge in [-0.25, -0.2) is 14.6 Å². The molecule has 8 nitrogen and oxygen atoms in total. The molecule has 0 aliphatic heterocycles. The summed E-state index contributed by atoms with van der Waals surface area (Å²) >= 11 is 0. The van der Waals surface area contributed by atoms with Gasteiger partial charge in [0.25, 0.3) is 11.8 Å². The summed E-state index contributed by atoms with van der Waals surface area (Å²) in [5, 5.41) is 3.90. The Morgan fingerprint density at radius 3 is 2.41 bits per heavy atom. The lowest BCUT2D eigenvalue weighted by molar-refractivity contribution is -0.137. The van der Waals surface area contributed by atoms with Crippen molar-refractivity contribution in [3.8, 4) is 11.4 Å². The molecular weight excluding hydrogens is 461 g/mol. The van der Waals surface area contributed by atoms with E-state index >= 15 is 0 Å². The second kappa shape index (κ2) is 11.1. The lowest BCUT2D eigenvalue weighted by Gasteiger charge is -2.16. The van der Waals surface area contributed by atoms with Gasteiger partial charge in [0.05, 0.1) is 11.8 Å². The zero-order chi connectivity index (χ0) is 25.4. The molecule has 2 heterocycles. The van der Waals surface area contributed by atoms with Gasteiger partial charge in [-0.3, -0.25) is 20.6 Å². The van der Waals surface area contributed by atoms with Crippen molar-refractivity contribution in [1.82, 2.24) is 30.2 Å². The van der Waals surface area contributed by atoms with Crippen molar-refractivity contribution in [2.75, 3.05) is 5.43 Å². The van der Waals surface area contributed by atoms with E-state index in [1.165, 1.54) is 18.6 Å². The molecule has 0 radical (unpaired) electrons. The molecule has 1 amide bonds. The number of halogens is 5. The molecular formula is C21H24F5N7O. The fraction of sp³-hybridized carbons (Fsp3) is 0.190. The Morgan fingerprint density at radius 1 is 1.09 bits per heavy atom. The maximum Gasteiger partial charge on any atom is 0.416 e. The Hall–Kier alpha value is -4.16. The summed E-state index contributed by atoms with van der Waals surface area (Å²) in [4.78, 5) is 23.3. The summed E-state index contributed by atoms with van der Waals surface area (Å²) in [6, 6.07) is 1.85. The van der Waals surface area contributed by atoms with Crippen molar-refractivity contribution in [1.29, 1.82) is 0 Å². The van der Waals surface area contributed by atoms with Crippen LogP contribution in [0.25, 0.3) is 17.6 Å². The van der Waals surface area contributed by atoms with Crippen LogP contribution in [0.5, 0.6) is 0 Å². The third-order valence-corrected chi connectivity index (χ3v) is 3.92. The molecule has 2 aromatic heterocycles. The second-order valence-electron chi connectivity index (χ2n) is 6.19. The summed E-state index contributed by atoms with van der Waals surface area (Å²) < 4.78 is 68.5. The minimum absolute atomic E-state index is 0. The summed E-state index contributed by atoms with van der Waals surface area (Å²) in [6.45, 7) is 6.96. The molecule has 184 valence electrons. The fourth-order valence-corrected chi connectivity index (χ4v) is 2.38. The summed E-state index contributed by atoms with van der Waals surface area (Å²) in [6.07, 6.45) is 2.91. The van der Waals surface area contributed by atoms with Crippen LogP contribution in [0.15, 0.2) is 61.8 Å². The Bertz CT molecular complexity index is 1160. The number of aromatic nitrogens is 5. The first kappa shape index (κ1) is 26.1. The van der Waals surface area contributed by atoms with Gasteiger partial charge in [-0.1, -0.05) is 20.4 Å². The van der Waals surface area contributed by atoms with E-state index in [-0.39, 0.29) is 26.1 Å². The van der Waals surface area contributed by atoms with Gasteiger partial charge < -0.3 is 0 Å². The number of benzene rings is 1. The molecule has 3 rings (SSSR count). The average molecular weight is 485 g/mol. The van der Waals surface area contributed by atoms with Crippen LogP contribution in [-0.4, -0.2) is 30.6 Å². The van der Waals surface area contributed by atoms with Crippen LogP contribution in [0.2, 0.25) is 0 Å². The number of hydrogen-bond acceptors (Lipinski definition) is 6. The van der Waals surface area contributed by atoms with Crippen LogP contribution in [0, 0.1) is 0 Å². The fourth-order valence-electron chi connectivity index (χ4n) is 2.38. The van der Waals surface area contributed by atoms with E-state index in [2.05, 4.69) is 37.5 Å². The number of alkyl halides is 5. The molecule has 1 aromatic carbocycles. The largest absolute Gasteiger partial charge is 0.416 e. The summed E-state index contributed by atoms with van der Waals surface area (Å²) in [5.74, 6) is -4.26. The number of carbonyl (C=O) groups excluding carboxylic acids is 1. The highest BCUT2D eigenvalue weighted by Gasteiger charge is 2.35. The standard InChI is InChI=1S/C19H14F5N7O.C2H6.2H2/c1-2-18(20,21)13-7-12(8-14(9-13)19(22,23)24)17-27-11-31(30-17)6-3-16(32)29-28-15-10-25-4-5-26-15;1-2;;/h2-11H,1H2,(H,26,28)(H,29,32);1-2H3;2*1H/b6-3-;;;. The highest BCUT2D eigenvalue weighted by molar-refractivity contribution is 5.90. The first-order valence-electron chi connectivity index (χ1n) is 9.74. The molecule has 0 saturated heterocycles. The topological polar surface area (TPSA) is 97.6 Å². The monoisotopic (exact) mass is 485 g/mol. The SMILES string of the molecule is C=CC(F)(F)c1cc(-c2ncn(/C=C\C(=O)NNc3cnccn3)n2)cc(C(F)(F)F)c1.CC.[HH].[HH]. The number of nitrogens with one attached hydrogen (secondary N) is 2. The van der Waals surface area contributed by atoms with Crippen molar-refractivity contribution in [2.45, 2.75) is 25.9 Å². The summed E-state index contributed by atoms with van der Waals surface area (Å²) in [5.41, 5.74) is 2.34. The van der Waals surface area contributed by atoms with Crippen molar-refractivity contribution in [2.24, 2.45) is 0 Å². The number of carbonyl (C=O) groups is 1. The zero-order valence-corrected chi connectivity index (χ0v) is 18.0. The van der Waals surface area contributed by atoms with Gasteiger partial charge in [0.2, 0.25) is 0 Å². The maximum atomic E-state index is 14.0. The van der Waals surface area contributed by atoms with Crippen LogP contribution in [0.3, 0.4) is 0 Å². The lowest BCUT2D eigenvalue weighted by atomic mass is 10.0.